The van der Waals surface area contributed by atoms with Crippen molar-refractivity contribution in [3.63, 3.8) is 0 Å². The van der Waals surface area contributed by atoms with Gasteiger partial charge >= 0.3 is 0 Å². The smallest absolute Gasteiger partial charge is 0.103 e. The van der Waals surface area contributed by atoms with Gasteiger partial charge in [-0.05, 0) is 37.2 Å². The minimum atomic E-state index is 1.14. The summed E-state index contributed by atoms with van der Waals surface area (Å²) in [6.07, 6.45) is 1.14. The summed E-state index contributed by atoms with van der Waals surface area (Å²) >= 11 is 0. The molecule has 0 atom stereocenters. The fraction of sp³-hybridized carbons (Fsp3) is 0.462. The number of hydrogen-bond acceptors (Lipinski definition) is 1. The van der Waals surface area contributed by atoms with Crippen molar-refractivity contribution in [3.8, 4) is 0 Å². The average molecular weight is 206 g/mol. The Bertz CT molecular complexity index is 262. The lowest BCUT2D eigenvalue weighted by molar-refractivity contribution is -0.504. The molecule has 2 N–H and O–H groups in total. The summed E-state index contributed by atoms with van der Waals surface area (Å²) in [5, 5.41) is 1.88. The van der Waals surface area contributed by atoms with Crippen molar-refractivity contribution in [1.82, 2.24) is 4.90 Å². The predicted octanol–water partition coefficient (Wildman–Crippen LogP) is 1.56. The van der Waals surface area contributed by atoms with Gasteiger partial charge in [-0.3, -0.25) is 0 Å². The molecule has 0 aliphatic rings. The maximum atomic E-state index is 3.75. The van der Waals surface area contributed by atoms with Crippen molar-refractivity contribution in [2.45, 2.75) is 20.3 Å². The van der Waals surface area contributed by atoms with Gasteiger partial charge in [0.15, 0.2) is 0 Å². The third kappa shape index (κ3) is 4.02. The Labute approximate surface area is 93.3 Å². The van der Waals surface area contributed by atoms with E-state index in [0.717, 1.165) is 26.1 Å². The van der Waals surface area contributed by atoms with Gasteiger partial charge in [0, 0.05) is 6.54 Å². The second kappa shape index (κ2) is 6.59. The first kappa shape index (κ1) is 12.2. The molecule has 0 aliphatic carbocycles. The highest BCUT2D eigenvalue weighted by Gasteiger charge is 2.00. The fourth-order valence-electron chi connectivity index (χ4n) is 1.65. The van der Waals surface area contributed by atoms with E-state index in [1.54, 1.807) is 0 Å². The number of benzene rings is 1. The predicted molar refractivity (Wildman–Crippen MR) is 64.9 cm³/mol. The number of nitrogens with zero attached hydrogens (tertiary/aromatic N) is 1. The monoisotopic (exact) mass is 206 g/mol. The topological polar surface area (TPSA) is 19.9 Å². The van der Waals surface area contributed by atoms with Gasteiger partial charge in [0.2, 0.25) is 0 Å². The van der Waals surface area contributed by atoms with E-state index in [2.05, 4.69) is 50.1 Å². The van der Waals surface area contributed by atoms with Gasteiger partial charge in [-0.15, -0.1) is 7.05 Å². The minimum absolute atomic E-state index is 1.14. The third-order valence-corrected chi connectivity index (χ3v) is 2.83. The van der Waals surface area contributed by atoms with E-state index in [4.69, 9.17) is 0 Å². The highest BCUT2D eigenvalue weighted by Crippen LogP contribution is 2.06. The largest absolute Gasteiger partial charge is 0.446 e. The number of hydrogen-bond donors (Lipinski definition) is 1. The van der Waals surface area contributed by atoms with Gasteiger partial charge < -0.3 is 10.2 Å². The highest BCUT2D eigenvalue weighted by molar-refractivity contribution is 5.31. The molecule has 0 aliphatic heterocycles. The quantitative estimate of drug-likeness (QED) is 0.553. The van der Waals surface area contributed by atoms with Gasteiger partial charge in [-0.2, -0.15) is 0 Å². The number of likely N-dealkylation sites (N-methyl/N-ethyl adjacent to an activating group) is 1. The lowest BCUT2D eigenvalue weighted by Gasteiger charge is -2.17. The van der Waals surface area contributed by atoms with Crippen LogP contribution in [0.5, 0.6) is 0 Å². The molecule has 0 amide bonds. The Morgan fingerprint density at radius 1 is 1.13 bits per heavy atom. The molecule has 15 heavy (non-hydrogen) atoms. The van der Waals surface area contributed by atoms with E-state index in [-0.39, 0.29) is 0 Å². The molecule has 0 fully saturated rings. The zero-order valence-electron chi connectivity index (χ0n) is 9.87. The molecule has 1 aromatic carbocycles. The molecule has 0 spiro atoms. The SMILES string of the molecule is [CH2-][NH2+]c1ccc(CCN(CC)CC)cc1. The van der Waals surface area contributed by atoms with Crippen molar-refractivity contribution >= 4 is 5.69 Å². The molecule has 0 bridgehead atoms. The Morgan fingerprint density at radius 2 is 1.73 bits per heavy atom. The van der Waals surface area contributed by atoms with Crippen LogP contribution in [0.25, 0.3) is 0 Å². The van der Waals surface area contributed by atoms with Crippen molar-refractivity contribution in [3.05, 3.63) is 36.9 Å². The van der Waals surface area contributed by atoms with Gasteiger partial charge in [0.1, 0.15) is 5.69 Å². The molecule has 0 aromatic heterocycles. The summed E-state index contributed by atoms with van der Waals surface area (Å²) in [5.74, 6) is 0. The van der Waals surface area contributed by atoms with Crippen LogP contribution in [-0.4, -0.2) is 24.5 Å². The Morgan fingerprint density at radius 3 is 2.20 bits per heavy atom. The third-order valence-electron chi connectivity index (χ3n) is 2.83. The Kier molecular flexibility index (Phi) is 5.37. The minimum Gasteiger partial charge on any atom is -0.446 e. The fourth-order valence-corrected chi connectivity index (χ4v) is 1.65. The van der Waals surface area contributed by atoms with Crippen LogP contribution < -0.4 is 5.32 Å². The van der Waals surface area contributed by atoms with Gasteiger partial charge in [-0.1, -0.05) is 26.0 Å². The lowest BCUT2D eigenvalue weighted by Crippen LogP contribution is -2.69. The standard InChI is InChI=1S/C13H22N2/c1-4-15(5-2)11-10-12-6-8-13(14-3)9-7-12/h6-9H,3-5,10-11,14H2,1-2H3. The zero-order valence-corrected chi connectivity index (χ0v) is 9.87. The summed E-state index contributed by atoms with van der Waals surface area (Å²) in [5.41, 5.74) is 2.61. The molecule has 1 aromatic rings. The van der Waals surface area contributed by atoms with Gasteiger partial charge in [0.25, 0.3) is 0 Å². The number of rotatable bonds is 6. The summed E-state index contributed by atoms with van der Waals surface area (Å²) in [6.45, 7) is 7.86. The van der Waals surface area contributed by atoms with Gasteiger partial charge in [-0.25, -0.2) is 0 Å². The molecular formula is C13H22N2. The summed E-state index contributed by atoms with van der Waals surface area (Å²) in [7, 11) is 3.75. The first-order valence-corrected chi connectivity index (χ1v) is 5.73. The first-order valence-electron chi connectivity index (χ1n) is 5.73. The molecule has 1 rings (SSSR count). The van der Waals surface area contributed by atoms with Crippen LogP contribution in [0.1, 0.15) is 19.4 Å². The number of quaternary nitrogens is 1. The Balaban J connectivity index is 2.43. The van der Waals surface area contributed by atoms with E-state index in [1.165, 1.54) is 11.3 Å². The maximum absolute atomic E-state index is 3.75. The zero-order chi connectivity index (χ0) is 11.1. The van der Waals surface area contributed by atoms with Crippen molar-refractivity contribution < 1.29 is 5.32 Å². The van der Waals surface area contributed by atoms with Gasteiger partial charge in [0.05, 0.1) is 0 Å². The molecule has 0 unspecified atom stereocenters. The van der Waals surface area contributed by atoms with E-state index >= 15 is 0 Å². The number of nitrogens with two attached hydrogens (primary N) is 1. The molecule has 2 heteroatoms. The summed E-state index contributed by atoms with van der Waals surface area (Å²) in [6, 6.07) is 8.65. The van der Waals surface area contributed by atoms with Crippen LogP contribution in [0, 0.1) is 7.05 Å². The van der Waals surface area contributed by atoms with E-state index < -0.39 is 0 Å². The second-order valence-corrected chi connectivity index (χ2v) is 3.72. The molecule has 2 nitrogen and oxygen atoms in total. The maximum Gasteiger partial charge on any atom is 0.103 e. The van der Waals surface area contributed by atoms with Crippen LogP contribution in [0.15, 0.2) is 24.3 Å². The van der Waals surface area contributed by atoms with Crippen molar-refractivity contribution in [1.29, 1.82) is 0 Å². The molecule has 0 radical (unpaired) electrons. The highest BCUT2D eigenvalue weighted by atomic mass is 15.1. The Hall–Kier alpha value is -0.860. The molecular weight excluding hydrogens is 184 g/mol. The first-order chi connectivity index (χ1) is 7.30. The van der Waals surface area contributed by atoms with E-state index in [9.17, 15) is 0 Å². The van der Waals surface area contributed by atoms with Crippen molar-refractivity contribution in [2.75, 3.05) is 19.6 Å². The van der Waals surface area contributed by atoms with Crippen LogP contribution in [-0.2, 0) is 6.42 Å². The molecule has 0 saturated heterocycles. The van der Waals surface area contributed by atoms with Crippen LogP contribution >= 0.6 is 0 Å². The molecule has 0 saturated carbocycles. The van der Waals surface area contributed by atoms with Crippen LogP contribution in [0.3, 0.4) is 0 Å². The van der Waals surface area contributed by atoms with Crippen LogP contribution in [0.2, 0.25) is 0 Å². The second-order valence-electron chi connectivity index (χ2n) is 3.72. The van der Waals surface area contributed by atoms with E-state index in [1.807, 2.05) is 5.32 Å². The average Bonchev–Trinajstić information content (AvgIpc) is 2.31. The lowest BCUT2D eigenvalue weighted by atomic mass is 10.1. The van der Waals surface area contributed by atoms with E-state index in [0.29, 0.717) is 0 Å². The van der Waals surface area contributed by atoms with Crippen molar-refractivity contribution in [2.24, 2.45) is 0 Å². The molecule has 84 valence electrons. The normalized spacial score (nSPS) is 10.9. The summed E-state index contributed by atoms with van der Waals surface area (Å²) in [4.78, 5) is 2.45. The summed E-state index contributed by atoms with van der Waals surface area (Å²) < 4.78 is 0. The van der Waals surface area contributed by atoms with Crippen LogP contribution in [0.4, 0.5) is 5.69 Å². The molecule has 0 heterocycles.